The van der Waals surface area contributed by atoms with Gasteiger partial charge in [0.1, 0.15) is 6.04 Å². The van der Waals surface area contributed by atoms with Crippen molar-refractivity contribution in [3.8, 4) is 0 Å². The van der Waals surface area contributed by atoms with Crippen LogP contribution in [0.3, 0.4) is 0 Å². The number of hydrogen-bond acceptors (Lipinski definition) is 7. The van der Waals surface area contributed by atoms with Gasteiger partial charge in [0.25, 0.3) is 5.91 Å². The van der Waals surface area contributed by atoms with Crippen LogP contribution in [-0.2, 0) is 17.6 Å². The lowest BCUT2D eigenvalue weighted by Gasteiger charge is -2.20. The summed E-state index contributed by atoms with van der Waals surface area (Å²) in [6, 6.07) is 8.89. The number of likely N-dealkylation sites (N-methyl/N-ethyl adjacent to an activating group) is 1. The molecular formula is C19H18N6O3. The van der Waals surface area contributed by atoms with Crippen molar-refractivity contribution in [3.63, 3.8) is 0 Å². The van der Waals surface area contributed by atoms with Gasteiger partial charge in [-0.05, 0) is 18.4 Å². The molecule has 0 fully saturated rings. The second-order valence-corrected chi connectivity index (χ2v) is 6.45. The lowest BCUT2D eigenvalue weighted by atomic mass is 10.1. The molecule has 142 valence electrons. The summed E-state index contributed by atoms with van der Waals surface area (Å²) < 4.78 is 5.46. The number of aryl methyl sites for hydroxylation is 1. The molecule has 0 aliphatic carbocycles. The van der Waals surface area contributed by atoms with E-state index in [9.17, 15) is 9.59 Å². The van der Waals surface area contributed by atoms with E-state index in [0.29, 0.717) is 31.0 Å². The number of aromatic nitrogens is 4. The van der Waals surface area contributed by atoms with Gasteiger partial charge in [-0.3, -0.25) is 19.5 Å². The molecule has 28 heavy (non-hydrogen) atoms. The molecule has 0 saturated carbocycles. The van der Waals surface area contributed by atoms with Crippen LogP contribution in [0.1, 0.15) is 34.3 Å². The van der Waals surface area contributed by atoms with Crippen LogP contribution in [0.25, 0.3) is 0 Å². The number of anilines is 1. The number of nitrogens with one attached hydrogen (secondary N) is 1. The van der Waals surface area contributed by atoms with Crippen LogP contribution in [0.5, 0.6) is 0 Å². The Morgan fingerprint density at radius 2 is 2.00 bits per heavy atom. The fraction of sp³-hybridized carbons (Fsp3) is 0.263. The smallest absolute Gasteiger partial charge is 0.309 e. The predicted octanol–water partition coefficient (Wildman–Crippen LogP) is 1.16. The largest absolute Gasteiger partial charge is 0.417 e. The molecule has 1 aromatic carbocycles. The third-order valence-corrected chi connectivity index (χ3v) is 4.53. The van der Waals surface area contributed by atoms with Gasteiger partial charge < -0.3 is 9.73 Å². The number of fused-ring (bicyclic) bond motifs is 1. The van der Waals surface area contributed by atoms with Gasteiger partial charge in [0.15, 0.2) is 5.82 Å². The van der Waals surface area contributed by atoms with Crippen LogP contribution in [0.15, 0.2) is 47.1 Å². The van der Waals surface area contributed by atoms with Crippen LogP contribution in [0.2, 0.25) is 0 Å². The monoisotopic (exact) mass is 378 g/mol. The number of nitrogens with zero attached hydrogens (tertiary/aromatic N) is 5. The number of carbonyl (C=O) groups is 2. The molecule has 1 N–H and O–H groups in total. The fourth-order valence-electron chi connectivity index (χ4n) is 3.10. The highest BCUT2D eigenvalue weighted by molar-refractivity contribution is 6.00. The Bertz CT molecular complexity index is 1000. The summed E-state index contributed by atoms with van der Waals surface area (Å²) in [5.41, 5.74) is 1.72. The van der Waals surface area contributed by atoms with Crippen molar-refractivity contribution in [3.05, 3.63) is 65.8 Å². The van der Waals surface area contributed by atoms with E-state index < -0.39 is 11.9 Å². The molecule has 0 spiro atoms. The number of hydrogen-bond donors (Lipinski definition) is 1. The average molecular weight is 378 g/mol. The van der Waals surface area contributed by atoms with Crippen LogP contribution in [-0.4, -0.2) is 45.1 Å². The highest BCUT2D eigenvalue weighted by atomic mass is 16.4. The first kappa shape index (κ1) is 17.8. The third kappa shape index (κ3) is 3.59. The van der Waals surface area contributed by atoms with Gasteiger partial charge >= 0.3 is 11.8 Å². The molecule has 2 aromatic heterocycles. The quantitative estimate of drug-likeness (QED) is 0.724. The van der Waals surface area contributed by atoms with Crippen molar-refractivity contribution in [2.45, 2.75) is 25.3 Å². The summed E-state index contributed by atoms with van der Waals surface area (Å²) in [6.07, 6.45) is 4.48. The summed E-state index contributed by atoms with van der Waals surface area (Å²) in [7, 11) is 1.62. The minimum absolute atomic E-state index is 0.167. The maximum Gasteiger partial charge on any atom is 0.309 e. The standard InChI is InChI=1S/C19H18N6O3/c1-25-16-13(20-9-10-21-16)7-8-14(19(25)27)22-17(26)18-24-23-15(28-18)11-12-5-3-2-4-6-12/h2-6,9-10,14H,7-8,11H2,1H3,(H,22,26)/t14-/m1/s1. The highest BCUT2D eigenvalue weighted by Crippen LogP contribution is 2.21. The topological polar surface area (TPSA) is 114 Å². The number of carbonyl (C=O) groups excluding carboxylic acids is 2. The van der Waals surface area contributed by atoms with Crippen molar-refractivity contribution in [2.75, 3.05) is 11.9 Å². The second kappa shape index (κ2) is 7.55. The Kier molecular flexibility index (Phi) is 4.79. The normalized spacial score (nSPS) is 16.4. The van der Waals surface area contributed by atoms with Gasteiger partial charge in [0.2, 0.25) is 5.89 Å². The highest BCUT2D eigenvalue weighted by Gasteiger charge is 2.31. The zero-order valence-corrected chi connectivity index (χ0v) is 15.2. The SMILES string of the molecule is CN1C(=O)[C@H](NC(=O)c2nnc(Cc3ccccc3)o2)CCc2nccnc21. The van der Waals surface area contributed by atoms with Gasteiger partial charge in [0.05, 0.1) is 12.1 Å². The van der Waals surface area contributed by atoms with E-state index in [-0.39, 0.29) is 11.8 Å². The summed E-state index contributed by atoms with van der Waals surface area (Å²) in [4.78, 5) is 35.1. The van der Waals surface area contributed by atoms with E-state index in [1.54, 1.807) is 13.2 Å². The molecule has 0 unspecified atom stereocenters. The van der Waals surface area contributed by atoms with Crippen molar-refractivity contribution in [1.29, 1.82) is 0 Å². The maximum absolute atomic E-state index is 12.7. The van der Waals surface area contributed by atoms with E-state index in [1.165, 1.54) is 11.1 Å². The molecular weight excluding hydrogens is 360 g/mol. The molecule has 3 aromatic rings. The molecule has 1 atom stereocenters. The molecule has 0 saturated heterocycles. The average Bonchev–Trinajstić information content (AvgIpc) is 3.15. The minimum Gasteiger partial charge on any atom is -0.417 e. The van der Waals surface area contributed by atoms with Crippen LogP contribution < -0.4 is 10.2 Å². The molecule has 1 aliphatic rings. The van der Waals surface area contributed by atoms with Gasteiger partial charge in [-0.1, -0.05) is 30.3 Å². The van der Waals surface area contributed by atoms with Crippen molar-refractivity contribution >= 4 is 17.6 Å². The molecule has 1 aliphatic heterocycles. The molecule has 4 rings (SSSR count). The summed E-state index contributed by atoms with van der Waals surface area (Å²) in [5.74, 6) is -0.171. The Morgan fingerprint density at radius 3 is 2.82 bits per heavy atom. The first-order chi connectivity index (χ1) is 13.6. The van der Waals surface area contributed by atoms with E-state index in [0.717, 1.165) is 11.3 Å². The Morgan fingerprint density at radius 1 is 1.21 bits per heavy atom. The Hall–Kier alpha value is -3.62. The molecule has 0 radical (unpaired) electrons. The number of rotatable bonds is 4. The molecule has 9 heteroatoms. The number of amides is 2. The zero-order chi connectivity index (χ0) is 19.5. The lowest BCUT2D eigenvalue weighted by molar-refractivity contribution is -0.120. The maximum atomic E-state index is 12.7. The Labute approximate surface area is 160 Å². The predicted molar refractivity (Wildman–Crippen MR) is 98.6 cm³/mol. The van der Waals surface area contributed by atoms with E-state index in [1.807, 2.05) is 30.3 Å². The fourth-order valence-corrected chi connectivity index (χ4v) is 3.10. The van der Waals surface area contributed by atoms with E-state index >= 15 is 0 Å². The lowest BCUT2D eigenvalue weighted by Crippen LogP contribution is -2.47. The van der Waals surface area contributed by atoms with Gasteiger partial charge in [-0.2, -0.15) is 0 Å². The second-order valence-electron chi connectivity index (χ2n) is 6.45. The van der Waals surface area contributed by atoms with Crippen molar-refractivity contribution in [2.24, 2.45) is 0 Å². The summed E-state index contributed by atoms with van der Waals surface area (Å²) in [5, 5.41) is 10.4. The van der Waals surface area contributed by atoms with Crippen LogP contribution in [0, 0.1) is 0 Å². The van der Waals surface area contributed by atoms with Crippen molar-refractivity contribution in [1.82, 2.24) is 25.5 Å². The van der Waals surface area contributed by atoms with Crippen LogP contribution in [0.4, 0.5) is 5.82 Å². The molecule has 9 nitrogen and oxygen atoms in total. The molecule has 2 amide bonds. The summed E-state index contributed by atoms with van der Waals surface area (Å²) in [6.45, 7) is 0. The van der Waals surface area contributed by atoms with Gasteiger partial charge in [-0.15, -0.1) is 10.2 Å². The minimum atomic E-state index is -0.724. The first-order valence-electron chi connectivity index (χ1n) is 8.86. The van der Waals surface area contributed by atoms with E-state index in [4.69, 9.17) is 4.42 Å². The molecule has 0 bridgehead atoms. The zero-order valence-electron chi connectivity index (χ0n) is 15.2. The molecule has 3 heterocycles. The van der Waals surface area contributed by atoms with Crippen LogP contribution >= 0.6 is 0 Å². The van der Waals surface area contributed by atoms with Gasteiger partial charge in [-0.25, -0.2) is 4.98 Å². The summed E-state index contributed by atoms with van der Waals surface area (Å²) >= 11 is 0. The van der Waals surface area contributed by atoms with E-state index in [2.05, 4.69) is 25.5 Å². The first-order valence-corrected chi connectivity index (χ1v) is 8.86. The third-order valence-electron chi connectivity index (χ3n) is 4.53. The Balaban J connectivity index is 1.45. The van der Waals surface area contributed by atoms with Crippen molar-refractivity contribution < 1.29 is 14.0 Å². The number of benzene rings is 1. The van der Waals surface area contributed by atoms with Gasteiger partial charge in [0, 0.05) is 19.4 Å².